The van der Waals surface area contributed by atoms with Gasteiger partial charge in [0.1, 0.15) is 0 Å². The fourth-order valence-electron chi connectivity index (χ4n) is 1.98. The van der Waals surface area contributed by atoms with E-state index in [1.165, 1.54) is 51.4 Å². The summed E-state index contributed by atoms with van der Waals surface area (Å²) < 4.78 is 0. The normalized spacial score (nSPS) is 17.7. The third-order valence-corrected chi connectivity index (χ3v) is 3.13. The highest BCUT2D eigenvalue weighted by molar-refractivity contribution is 5.25. The zero-order valence-corrected chi connectivity index (χ0v) is 9.31. The summed E-state index contributed by atoms with van der Waals surface area (Å²) in [6.45, 7) is 4.56. The molecule has 0 aromatic carbocycles. The summed E-state index contributed by atoms with van der Waals surface area (Å²) in [5.74, 6) is 0. The van der Waals surface area contributed by atoms with Crippen LogP contribution in [0.1, 0.15) is 65.2 Å². The zero-order valence-electron chi connectivity index (χ0n) is 9.31. The van der Waals surface area contributed by atoms with Crippen molar-refractivity contribution in [2.45, 2.75) is 65.2 Å². The summed E-state index contributed by atoms with van der Waals surface area (Å²) in [5, 5.41) is 0. The van der Waals surface area contributed by atoms with Crippen molar-refractivity contribution in [2.75, 3.05) is 0 Å². The Morgan fingerprint density at radius 3 is 1.54 bits per heavy atom. The van der Waals surface area contributed by atoms with Crippen LogP contribution in [0.4, 0.5) is 0 Å². The molecule has 0 heteroatoms. The van der Waals surface area contributed by atoms with Gasteiger partial charge in [-0.3, -0.25) is 0 Å². The molecular formula is C13H24. The SMILES string of the molecule is CCCCCC1(CCCCC)C=C1. The van der Waals surface area contributed by atoms with Gasteiger partial charge in [0.2, 0.25) is 0 Å². The molecule has 0 unspecified atom stereocenters. The molecule has 0 aliphatic heterocycles. The molecule has 0 aromatic heterocycles. The Morgan fingerprint density at radius 1 is 0.769 bits per heavy atom. The monoisotopic (exact) mass is 180 g/mol. The molecule has 0 aromatic rings. The highest BCUT2D eigenvalue weighted by atomic mass is 14.4. The van der Waals surface area contributed by atoms with Gasteiger partial charge in [-0.15, -0.1) is 0 Å². The van der Waals surface area contributed by atoms with E-state index in [9.17, 15) is 0 Å². The third kappa shape index (κ3) is 3.97. The molecule has 1 aliphatic rings. The second-order valence-corrected chi connectivity index (χ2v) is 4.48. The molecule has 0 fully saturated rings. The number of unbranched alkanes of at least 4 members (excludes halogenated alkanes) is 4. The first kappa shape index (κ1) is 10.8. The summed E-state index contributed by atoms with van der Waals surface area (Å²) in [4.78, 5) is 0. The molecule has 1 aliphatic carbocycles. The van der Waals surface area contributed by atoms with Gasteiger partial charge < -0.3 is 0 Å². The minimum absolute atomic E-state index is 0.602. The van der Waals surface area contributed by atoms with Crippen molar-refractivity contribution >= 4 is 0 Å². The van der Waals surface area contributed by atoms with Gasteiger partial charge in [-0.05, 0) is 12.8 Å². The van der Waals surface area contributed by atoms with Crippen molar-refractivity contribution in [2.24, 2.45) is 5.41 Å². The van der Waals surface area contributed by atoms with Crippen LogP contribution in [0.2, 0.25) is 0 Å². The quantitative estimate of drug-likeness (QED) is 0.375. The first-order valence-electron chi connectivity index (χ1n) is 6.03. The largest absolute Gasteiger partial charge is 0.0777 e. The minimum atomic E-state index is 0.602. The van der Waals surface area contributed by atoms with Crippen LogP contribution in [-0.2, 0) is 0 Å². The van der Waals surface area contributed by atoms with E-state index < -0.39 is 0 Å². The molecule has 76 valence electrons. The van der Waals surface area contributed by atoms with Crippen molar-refractivity contribution in [3.63, 3.8) is 0 Å². The number of allylic oxidation sites excluding steroid dienone is 2. The van der Waals surface area contributed by atoms with E-state index in [0.29, 0.717) is 5.41 Å². The smallest absolute Gasteiger partial charge is 0.00615 e. The number of rotatable bonds is 8. The summed E-state index contributed by atoms with van der Waals surface area (Å²) in [6.07, 6.45) is 16.1. The van der Waals surface area contributed by atoms with Gasteiger partial charge >= 0.3 is 0 Å². The molecule has 0 nitrogen and oxygen atoms in total. The van der Waals surface area contributed by atoms with Crippen LogP contribution < -0.4 is 0 Å². The van der Waals surface area contributed by atoms with Crippen LogP contribution in [0.25, 0.3) is 0 Å². The maximum Gasteiger partial charge on any atom is 0.00615 e. The Labute approximate surface area is 83.4 Å². The second-order valence-electron chi connectivity index (χ2n) is 4.48. The lowest BCUT2D eigenvalue weighted by Crippen LogP contribution is -2.02. The van der Waals surface area contributed by atoms with Crippen molar-refractivity contribution in [3.05, 3.63) is 12.2 Å². The summed E-state index contributed by atoms with van der Waals surface area (Å²) in [7, 11) is 0. The molecule has 0 bridgehead atoms. The molecule has 0 N–H and O–H groups in total. The molecule has 0 radical (unpaired) electrons. The fourth-order valence-corrected chi connectivity index (χ4v) is 1.98. The van der Waals surface area contributed by atoms with Crippen LogP contribution in [-0.4, -0.2) is 0 Å². The standard InChI is InChI=1S/C13H24/c1-3-5-7-9-13(11-12-13)10-8-6-4-2/h11-12H,3-10H2,1-2H3. The van der Waals surface area contributed by atoms with Gasteiger partial charge in [-0.1, -0.05) is 64.5 Å². The minimum Gasteiger partial charge on any atom is -0.0777 e. The summed E-state index contributed by atoms with van der Waals surface area (Å²) in [5.41, 5.74) is 0.602. The van der Waals surface area contributed by atoms with E-state index in [1.807, 2.05) is 0 Å². The molecule has 1 rings (SSSR count). The van der Waals surface area contributed by atoms with Gasteiger partial charge in [0.15, 0.2) is 0 Å². The molecule has 0 atom stereocenters. The van der Waals surface area contributed by atoms with Crippen molar-refractivity contribution in [1.29, 1.82) is 0 Å². The topological polar surface area (TPSA) is 0 Å². The molecule has 0 heterocycles. The zero-order chi connectivity index (χ0) is 9.57. The molecule has 0 amide bonds. The van der Waals surface area contributed by atoms with Crippen LogP contribution in [0.3, 0.4) is 0 Å². The van der Waals surface area contributed by atoms with E-state index in [4.69, 9.17) is 0 Å². The van der Waals surface area contributed by atoms with E-state index in [-0.39, 0.29) is 0 Å². The lowest BCUT2D eigenvalue weighted by atomic mass is 9.90. The van der Waals surface area contributed by atoms with Crippen LogP contribution >= 0.6 is 0 Å². The highest BCUT2D eigenvalue weighted by Crippen LogP contribution is 2.44. The summed E-state index contributed by atoms with van der Waals surface area (Å²) >= 11 is 0. The van der Waals surface area contributed by atoms with Crippen LogP contribution in [0, 0.1) is 5.41 Å². The lowest BCUT2D eigenvalue weighted by molar-refractivity contribution is 0.429. The third-order valence-electron chi connectivity index (χ3n) is 3.13. The van der Waals surface area contributed by atoms with E-state index in [2.05, 4.69) is 26.0 Å². The first-order chi connectivity index (χ1) is 6.33. The molecule has 0 saturated carbocycles. The van der Waals surface area contributed by atoms with Gasteiger partial charge in [0.25, 0.3) is 0 Å². The molecule has 13 heavy (non-hydrogen) atoms. The van der Waals surface area contributed by atoms with Crippen LogP contribution in [0.15, 0.2) is 12.2 Å². The predicted molar refractivity (Wildman–Crippen MR) is 59.9 cm³/mol. The molecule has 0 spiro atoms. The van der Waals surface area contributed by atoms with Crippen molar-refractivity contribution < 1.29 is 0 Å². The number of hydrogen-bond acceptors (Lipinski definition) is 0. The predicted octanol–water partition coefficient (Wildman–Crippen LogP) is 4.70. The van der Waals surface area contributed by atoms with Gasteiger partial charge in [-0.2, -0.15) is 0 Å². The Kier molecular flexibility index (Phi) is 4.55. The van der Waals surface area contributed by atoms with Crippen LogP contribution in [0.5, 0.6) is 0 Å². The van der Waals surface area contributed by atoms with Crippen molar-refractivity contribution in [1.82, 2.24) is 0 Å². The molecule has 0 saturated heterocycles. The van der Waals surface area contributed by atoms with E-state index in [1.54, 1.807) is 0 Å². The van der Waals surface area contributed by atoms with E-state index in [0.717, 1.165) is 0 Å². The second kappa shape index (κ2) is 5.47. The highest BCUT2D eigenvalue weighted by Gasteiger charge is 2.31. The average molecular weight is 180 g/mol. The maximum atomic E-state index is 2.43. The Balaban J connectivity index is 2.01. The Hall–Kier alpha value is -0.260. The Morgan fingerprint density at radius 2 is 1.23 bits per heavy atom. The van der Waals surface area contributed by atoms with Gasteiger partial charge in [0.05, 0.1) is 0 Å². The van der Waals surface area contributed by atoms with Crippen molar-refractivity contribution in [3.8, 4) is 0 Å². The number of hydrogen-bond donors (Lipinski definition) is 0. The molecular weight excluding hydrogens is 156 g/mol. The first-order valence-corrected chi connectivity index (χ1v) is 6.03. The van der Waals surface area contributed by atoms with Gasteiger partial charge in [0, 0.05) is 5.41 Å². The Bertz CT molecular complexity index is 137. The summed E-state index contributed by atoms with van der Waals surface area (Å²) in [6, 6.07) is 0. The maximum absolute atomic E-state index is 2.43. The average Bonchev–Trinajstić information content (AvgIpc) is 2.87. The van der Waals surface area contributed by atoms with Gasteiger partial charge in [-0.25, -0.2) is 0 Å². The lowest BCUT2D eigenvalue weighted by Gasteiger charge is -2.14. The fraction of sp³-hybridized carbons (Fsp3) is 0.846. The van der Waals surface area contributed by atoms with E-state index >= 15 is 0 Å².